The molecule has 7 heteroatoms. The van der Waals surface area contributed by atoms with Crippen molar-refractivity contribution in [3.05, 3.63) is 57.3 Å². The predicted molar refractivity (Wildman–Crippen MR) is 110 cm³/mol. The second-order valence-electron chi connectivity index (χ2n) is 6.81. The molecule has 6 nitrogen and oxygen atoms in total. The molecular formula is C21H20BrN3O3. The van der Waals surface area contributed by atoms with Crippen molar-refractivity contribution in [2.45, 2.75) is 26.8 Å². The average molecular weight is 442 g/mol. The van der Waals surface area contributed by atoms with E-state index in [0.29, 0.717) is 35.8 Å². The molecule has 0 saturated heterocycles. The van der Waals surface area contributed by atoms with Gasteiger partial charge in [-0.25, -0.2) is 9.97 Å². The quantitative estimate of drug-likeness (QED) is 0.656. The molecule has 4 rings (SSSR count). The number of amides is 1. The largest absolute Gasteiger partial charge is 0.486 e. The zero-order valence-corrected chi connectivity index (χ0v) is 17.5. The molecule has 0 aliphatic carbocycles. The van der Waals surface area contributed by atoms with E-state index in [1.807, 2.05) is 39.0 Å². The van der Waals surface area contributed by atoms with Gasteiger partial charge in [0.15, 0.2) is 11.5 Å². The van der Waals surface area contributed by atoms with Gasteiger partial charge in [-0.05, 0) is 56.7 Å². The lowest BCUT2D eigenvalue weighted by atomic mass is 10.1. The van der Waals surface area contributed by atoms with Crippen molar-refractivity contribution in [2.24, 2.45) is 0 Å². The van der Waals surface area contributed by atoms with Crippen molar-refractivity contribution < 1.29 is 14.3 Å². The van der Waals surface area contributed by atoms with E-state index in [-0.39, 0.29) is 11.9 Å². The van der Waals surface area contributed by atoms with E-state index in [1.54, 1.807) is 12.1 Å². The van der Waals surface area contributed by atoms with Gasteiger partial charge in [0.2, 0.25) is 0 Å². The molecule has 0 bridgehead atoms. The van der Waals surface area contributed by atoms with Crippen molar-refractivity contribution >= 4 is 32.9 Å². The average Bonchev–Trinajstić information content (AvgIpc) is 2.67. The Bertz CT molecular complexity index is 1080. The first-order valence-corrected chi connectivity index (χ1v) is 9.86. The van der Waals surface area contributed by atoms with Crippen molar-refractivity contribution in [2.75, 3.05) is 13.2 Å². The number of halogens is 1. The van der Waals surface area contributed by atoms with Crippen LogP contribution in [-0.4, -0.2) is 29.1 Å². The lowest BCUT2D eigenvalue weighted by Crippen LogP contribution is -2.27. The van der Waals surface area contributed by atoms with Gasteiger partial charge < -0.3 is 14.8 Å². The van der Waals surface area contributed by atoms with E-state index < -0.39 is 0 Å². The summed E-state index contributed by atoms with van der Waals surface area (Å²) in [5.74, 6) is 1.23. The third kappa shape index (κ3) is 3.54. The summed E-state index contributed by atoms with van der Waals surface area (Å²) in [6.07, 6.45) is 0. The summed E-state index contributed by atoms with van der Waals surface area (Å²) in [6.45, 7) is 6.83. The summed E-state index contributed by atoms with van der Waals surface area (Å²) in [6, 6.07) is 8.93. The van der Waals surface area contributed by atoms with E-state index >= 15 is 0 Å². The molecule has 3 aromatic rings. The van der Waals surface area contributed by atoms with Crippen LogP contribution >= 0.6 is 15.9 Å². The van der Waals surface area contributed by atoms with E-state index in [1.165, 1.54) is 0 Å². The van der Waals surface area contributed by atoms with E-state index in [4.69, 9.17) is 9.47 Å². The van der Waals surface area contributed by atoms with Crippen LogP contribution in [0.1, 0.15) is 40.3 Å². The maximum atomic E-state index is 12.8. The molecule has 0 fully saturated rings. The third-order valence-corrected chi connectivity index (χ3v) is 5.50. The number of nitrogens with zero attached hydrogens (tertiary/aromatic N) is 2. The summed E-state index contributed by atoms with van der Waals surface area (Å²) in [5, 5.41) is 3.04. The molecule has 1 amide bonds. The van der Waals surface area contributed by atoms with Crippen LogP contribution < -0.4 is 14.8 Å². The van der Waals surface area contributed by atoms with Gasteiger partial charge in [0.1, 0.15) is 13.2 Å². The predicted octanol–water partition coefficient (Wildman–Crippen LogP) is 4.27. The lowest BCUT2D eigenvalue weighted by molar-refractivity contribution is 0.0939. The van der Waals surface area contributed by atoms with Crippen LogP contribution in [0.3, 0.4) is 0 Å². The van der Waals surface area contributed by atoms with Gasteiger partial charge in [0.25, 0.3) is 5.91 Å². The first-order valence-electron chi connectivity index (χ1n) is 9.07. The van der Waals surface area contributed by atoms with Gasteiger partial charge in [-0.3, -0.25) is 4.79 Å². The number of carbonyl (C=O) groups excluding carboxylic acids is 1. The topological polar surface area (TPSA) is 73.3 Å². The van der Waals surface area contributed by atoms with Gasteiger partial charge in [0, 0.05) is 10.0 Å². The summed E-state index contributed by atoms with van der Waals surface area (Å²) in [4.78, 5) is 21.8. The Balaban J connectivity index is 1.58. The molecule has 1 unspecified atom stereocenters. The molecule has 1 aromatic heterocycles. The van der Waals surface area contributed by atoms with Crippen LogP contribution in [0.2, 0.25) is 0 Å². The Kier molecular flexibility index (Phi) is 4.93. The Hall–Kier alpha value is -2.67. The second-order valence-corrected chi connectivity index (χ2v) is 7.66. The molecule has 1 atom stereocenters. The minimum absolute atomic E-state index is 0.170. The Labute approximate surface area is 171 Å². The molecule has 1 aliphatic heterocycles. The van der Waals surface area contributed by atoms with Crippen molar-refractivity contribution in [3.63, 3.8) is 0 Å². The van der Waals surface area contributed by atoms with Gasteiger partial charge in [-0.2, -0.15) is 0 Å². The molecule has 1 N–H and O–H groups in total. The number of hydrogen-bond acceptors (Lipinski definition) is 5. The Morgan fingerprint density at radius 3 is 2.39 bits per heavy atom. The van der Waals surface area contributed by atoms with Crippen molar-refractivity contribution in [3.8, 4) is 11.5 Å². The lowest BCUT2D eigenvalue weighted by Gasteiger charge is -2.22. The monoisotopic (exact) mass is 441 g/mol. The third-order valence-electron chi connectivity index (χ3n) is 4.81. The molecule has 0 radical (unpaired) electrons. The van der Waals surface area contributed by atoms with Gasteiger partial charge >= 0.3 is 0 Å². The smallest absolute Gasteiger partial charge is 0.251 e. The maximum Gasteiger partial charge on any atom is 0.251 e. The zero-order valence-electron chi connectivity index (χ0n) is 15.9. The molecule has 28 heavy (non-hydrogen) atoms. The molecule has 1 aliphatic rings. The molecular weight excluding hydrogens is 422 g/mol. The first kappa shape index (κ1) is 18.7. The SMILES string of the molecule is Cc1nc2ccc(C(=O)NC(C)c3cc4c(cc3Br)OCCO4)cc2nc1C. The number of fused-ring (bicyclic) bond motifs is 2. The summed E-state index contributed by atoms with van der Waals surface area (Å²) >= 11 is 3.56. The van der Waals surface area contributed by atoms with E-state index in [9.17, 15) is 4.79 Å². The Morgan fingerprint density at radius 1 is 1.04 bits per heavy atom. The standard InChI is InChI=1S/C21H20BrN3O3/c1-11-12(2)24-18-8-14(4-5-17(18)23-11)21(26)25-13(3)15-9-19-20(10-16(15)22)28-7-6-27-19/h4-5,8-10,13H,6-7H2,1-3H3,(H,25,26). The highest BCUT2D eigenvalue weighted by Crippen LogP contribution is 2.37. The number of nitrogens with one attached hydrogen (secondary N) is 1. The van der Waals surface area contributed by atoms with E-state index in [0.717, 1.165) is 26.9 Å². The molecule has 0 saturated carbocycles. The van der Waals surface area contributed by atoms with Crippen LogP contribution in [-0.2, 0) is 0 Å². The van der Waals surface area contributed by atoms with Gasteiger partial charge in [-0.15, -0.1) is 0 Å². The Morgan fingerprint density at radius 2 is 1.68 bits per heavy atom. The van der Waals surface area contributed by atoms with Crippen LogP contribution in [0.15, 0.2) is 34.8 Å². The van der Waals surface area contributed by atoms with Crippen LogP contribution in [0.4, 0.5) is 0 Å². The maximum absolute atomic E-state index is 12.8. The summed E-state index contributed by atoms with van der Waals surface area (Å²) in [5.41, 5.74) is 4.71. The first-order chi connectivity index (χ1) is 13.4. The highest BCUT2D eigenvalue weighted by molar-refractivity contribution is 9.10. The van der Waals surface area contributed by atoms with E-state index in [2.05, 4.69) is 31.2 Å². The number of hydrogen-bond donors (Lipinski definition) is 1. The fourth-order valence-electron chi connectivity index (χ4n) is 3.14. The van der Waals surface area contributed by atoms with Gasteiger partial charge in [0.05, 0.1) is 28.5 Å². The van der Waals surface area contributed by atoms with Crippen molar-refractivity contribution in [1.29, 1.82) is 0 Å². The van der Waals surface area contributed by atoms with Crippen LogP contribution in [0.25, 0.3) is 11.0 Å². The van der Waals surface area contributed by atoms with Crippen LogP contribution in [0.5, 0.6) is 11.5 Å². The van der Waals surface area contributed by atoms with Crippen molar-refractivity contribution in [1.82, 2.24) is 15.3 Å². The van der Waals surface area contributed by atoms with Gasteiger partial charge in [-0.1, -0.05) is 15.9 Å². The molecule has 2 aromatic carbocycles. The molecule has 144 valence electrons. The normalized spacial score (nSPS) is 14.0. The zero-order chi connectivity index (χ0) is 19.8. The number of ether oxygens (including phenoxy) is 2. The number of aryl methyl sites for hydroxylation is 2. The minimum atomic E-state index is -0.223. The molecule has 2 heterocycles. The molecule has 0 spiro atoms. The number of aromatic nitrogens is 2. The highest BCUT2D eigenvalue weighted by atomic mass is 79.9. The second kappa shape index (κ2) is 7.39. The highest BCUT2D eigenvalue weighted by Gasteiger charge is 2.20. The summed E-state index contributed by atoms with van der Waals surface area (Å²) in [7, 11) is 0. The summed E-state index contributed by atoms with van der Waals surface area (Å²) < 4.78 is 12.1. The fourth-order valence-corrected chi connectivity index (χ4v) is 3.81. The van der Waals surface area contributed by atoms with Crippen LogP contribution in [0, 0.1) is 13.8 Å². The fraction of sp³-hybridized carbons (Fsp3) is 0.286. The number of carbonyl (C=O) groups is 1. The number of rotatable bonds is 3. The minimum Gasteiger partial charge on any atom is -0.486 e. The number of benzene rings is 2.